The van der Waals surface area contributed by atoms with Crippen molar-refractivity contribution in [2.75, 3.05) is 13.1 Å². The van der Waals surface area contributed by atoms with Crippen LogP contribution in [0.1, 0.15) is 25.7 Å². The first kappa shape index (κ1) is 10.3. The van der Waals surface area contributed by atoms with Crippen LogP contribution in [0.15, 0.2) is 12.2 Å². The Morgan fingerprint density at radius 2 is 2.00 bits per heavy atom. The number of esters is 1. The minimum atomic E-state index is 0.0590. The van der Waals surface area contributed by atoms with Crippen LogP contribution < -0.4 is 5.32 Å². The zero-order valence-electron chi connectivity index (χ0n) is 9.52. The summed E-state index contributed by atoms with van der Waals surface area (Å²) < 4.78 is 5.62. The average Bonchev–Trinajstić information content (AvgIpc) is 2.92. The van der Waals surface area contributed by atoms with Crippen molar-refractivity contribution in [3.05, 3.63) is 12.2 Å². The fourth-order valence-electron chi connectivity index (χ4n) is 3.22. The Balaban J connectivity index is 1.55. The molecule has 0 aromatic carbocycles. The molecule has 0 aromatic rings. The summed E-state index contributed by atoms with van der Waals surface area (Å²) in [6.45, 7) is 1.96. The first-order valence-electron chi connectivity index (χ1n) is 6.42. The molecule has 1 saturated carbocycles. The summed E-state index contributed by atoms with van der Waals surface area (Å²) in [5.74, 6) is 1.34. The van der Waals surface area contributed by atoms with E-state index in [1.165, 1.54) is 6.42 Å². The topological polar surface area (TPSA) is 38.3 Å². The van der Waals surface area contributed by atoms with Crippen LogP contribution in [0.5, 0.6) is 0 Å². The van der Waals surface area contributed by atoms with Crippen LogP contribution in [0.3, 0.4) is 0 Å². The monoisotopic (exact) mass is 221 g/mol. The van der Waals surface area contributed by atoms with Crippen molar-refractivity contribution in [3.8, 4) is 0 Å². The summed E-state index contributed by atoms with van der Waals surface area (Å²) in [6.07, 6.45) is 8.78. The molecule has 1 saturated heterocycles. The first-order chi connectivity index (χ1) is 7.83. The molecular formula is C13H19NO2. The zero-order valence-corrected chi connectivity index (χ0v) is 9.52. The Bertz CT molecular complexity index is 307. The first-order valence-corrected chi connectivity index (χ1v) is 6.42. The van der Waals surface area contributed by atoms with E-state index >= 15 is 0 Å². The van der Waals surface area contributed by atoms with Crippen LogP contribution in [0.4, 0.5) is 0 Å². The van der Waals surface area contributed by atoms with Crippen LogP contribution in [-0.4, -0.2) is 25.2 Å². The highest BCUT2D eigenvalue weighted by Gasteiger charge is 2.41. The van der Waals surface area contributed by atoms with Crippen molar-refractivity contribution < 1.29 is 9.53 Å². The van der Waals surface area contributed by atoms with E-state index in [0.29, 0.717) is 11.8 Å². The highest BCUT2D eigenvalue weighted by Crippen LogP contribution is 2.44. The summed E-state index contributed by atoms with van der Waals surface area (Å²) >= 11 is 0. The van der Waals surface area contributed by atoms with Crippen molar-refractivity contribution in [2.24, 2.45) is 17.8 Å². The van der Waals surface area contributed by atoms with Gasteiger partial charge < -0.3 is 10.1 Å². The average molecular weight is 221 g/mol. The second-order valence-corrected chi connectivity index (χ2v) is 5.27. The SMILES string of the molecule is O=C(OC1CCNCC1)C1CC2C=CC1C2. The Hall–Kier alpha value is -0.830. The number of rotatable bonds is 2. The smallest absolute Gasteiger partial charge is 0.309 e. The quantitative estimate of drug-likeness (QED) is 0.567. The number of carbonyl (C=O) groups excluding carboxylic acids is 1. The minimum absolute atomic E-state index is 0.0590. The molecule has 0 radical (unpaired) electrons. The van der Waals surface area contributed by atoms with E-state index in [1.807, 2.05) is 0 Å². The van der Waals surface area contributed by atoms with Gasteiger partial charge >= 0.3 is 5.97 Å². The normalized spacial score (nSPS) is 37.9. The van der Waals surface area contributed by atoms with E-state index in [-0.39, 0.29) is 18.0 Å². The molecule has 2 aliphatic carbocycles. The van der Waals surface area contributed by atoms with E-state index < -0.39 is 0 Å². The fourth-order valence-corrected chi connectivity index (χ4v) is 3.22. The third kappa shape index (κ3) is 1.88. The van der Waals surface area contributed by atoms with E-state index in [4.69, 9.17) is 4.74 Å². The van der Waals surface area contributed by atoms with Gasteiger partial charge in [0, 0.05) is 0 Å². The van der Waals surface area contributed by atoms with Crippen molar-refractivity contribution in [2.45, 2.75) is 31.8 Å². The van der Waals surface area contributed by atoms with E-state index in [1.54, 1.807) is 0 Å². The Kier molecular flexibility index (Phi) is 2.72. The summed E-state index contributed by atoms with van der Waals surface area (Å²) in [4.78, 5) is 12.0. The van der Waals surface area contributed by atoms with Crippen LogP contribution >= 0.6 is 0 Å². The molecule has 1 heterocycles. The molecule has 16 heavy (non-hydrogen) atoms. The number of hydrogen-bond acceptors (Lipinski definition) is 3. The summed E-state index contributed by atoms with van der Waals surface area (Å²) in [5.41, 5.74) is 0. The minimum Gasteiger partial charge on any atom is -0.462 e. The lowest BCUT2D eigenvalue weighted by Gasteiger charge is -2.25. The van der Waals surface area contributed by atoms with Crippen molar-refractivity contribution in [3.63, 3.8) is 0 Å². The summed E-state index contributed by atoms with van der Waals surface area (Å²) in [5, 5.41) is 3.28. The molecule has 0 amide bonds. The summed E-state index contributed by atoms with van der Waals surface area (Å²) in [6, 6.07) is 0. The molecule has 88 valence electrons. The van der Waals surface area contributed by atoms with E-state index in [2.05, 4.69) is 17.5 Å². The molecule has 1 aliphatic heterocycles. The molecule has 1 N–H and O–H groups in total. The van der Waals surface area contributed by atoms with Gasteiger partial charge in [0.1, 0.15) is 6.10 Å². The van der Waals surface area contributed by atoms with Gasteiger partial charge in [-0.3, -0.25) is 4.79 Å². The van der Waals surface area contributed by atoms with Gasteiger partial charge in [-0.2, -0.15) is 0 Å². The second kappa shape index (κ2) is 4.21. The van der Waals surface area contributed by atoms with Crippen LogP contribution in [-0.2, 0) is 9.53 Å². The molecule has 0 spiro atoms. The molecule has 3 rings (SSSR count). The maximum Gasteiger partial charge on any atom is 0.309 e. The van der Waals surface area contributed by atoms with Gasteiger partial charge in [-0.25, -0.2) is 0 Å². The molecule has 3 aliphatic rings. The van der Waals surface area contributed by atoms with Gasteiger partial charge in [0.05, 0.1) is 5.92 Å². The molecule has 3 unspecified atom stereocenters. The molecule has 2 bridgehead atoms. The maximum absolute atomic E-state index is 12.0. The zero-order chi connectivity index (χ0) is 11.0. The summed E-state index contributed by atoms with van der Waals surface area (Å²) in [7, 11) is 0. The van der Waals surface area contributed by atoms with Gasteiger partial charge in [-0.15, -0.1) is 0 Å². The number of ether oxygens (including phenoxy) is 1. The number of allylic oxidation sites excluding steroid dienone is 2. The third-order valence-electron chi connectivity index (χ3n) is 4.15. The largest absolute Gasteiger partial charge is 0.462 e. The Labute approximate surface area is 96.2 Å². The highest BCUT2D eigenvalue weighted by molar-refractivity contribution is 5.74. The number of nitrogens with one attached hydrogen (secondary N) is 1. The standard InChI is InChI=1S/C13H19NO2/c15-13(16-11-3-5-14-6-4-11)12-8-9-1-2-10(12)7-9/h1-2,9-12,14H,3-8H2. The van der Waals surface area contributed by atoms with E-state index in [9.17, 15) is 4.79 Å². The predicted octanol–water partition coefficient (Wildman–Crippen LogP) is 1.49. The van der Waals surface area contributed by atoms with Crippen LogP contribution in [0.2, 0.25) is 0 Å². The number of carbonyl (C=O) groups is 1. The molecule has 3 atom stereocenters. The van der Waals surface area contributed by atoms with Gasteiger partial charge in [0.2, 0.25) is 0 Å². The lowest BCUT2D eigenvalue weighted by Crippen LogP contribution is -2.35. The molecule has 2 fully saturated rings. The van der Waals surface area contributed by atoms with Crippen LogP contribution in [0.25, 0.3) is 0 Å². The molecule has 0 aromatic heterocycles. The van der Waals surface area contributed by atoms with Crippen molar-refractivity contribution >= 4 is 5.97 Å². The maximum atomic E-state index is 12.0. The Morgan fingerprint density at radius 1 is 1.19 bits per heavy atom. The third-order valence-corrected chi connectivity index (χ3v) is 4.15. The number of hydrogen-bond donors (Lipinski definition) is 1. The number of piperidine rings is 1. The fraction of sp³-hybridized carbons (Fsp3) is 0.769. The molecular weight excluding hydrogens is 202 g/mol. The Morgan fingerprint density at radius 3 is 2.62 bits per heavy atom. The van der Waals surface area contributed by atoms with Crippen molar-refractivity contribution in [1.29, 1.82) is 0 Å². The number of fused-ring (bicyclic) bond motifs is 2. The van der Waals surface area contributed by atoms with Crippen LogP contribution in [0, 0.1) is 17.8 Å². The second-order valence-electron chi connectivity index (χ2n) is 5.27. The highest BCUT2D eigenvalue weighted by atomic mass is 16.5. The van der Waals surface area contributed by atoms with Gasteiger partial charge in [-0.1, -0.05) is 12.2 Å². The van der Waals surface area contributed by atoms with Gasteiger partial charge in [-0.05, 0) is 50.6 Å². The predicted molar refractivity (Wildman–Crippen MR) is 60.8 cm³/mol. The van der Waals surface area contributed by atoms with Gasteiger partial charge in [0.15, 0.2) is 0 Å². The lowest BCUT2D eigenvalue weighted by molar-refractivity contribution is -0.156. The van der Waals surface area contributed by atoms with Crippen molar-refractivity contribution in [1.82, 2.24) is 5.32 Å². The lowest BCUT2D eigenvalue weighted by atomic mass is 9.94. The van der Waals surface area contributed by atoms with Gasteiger partial charge in [0.25, 0.3) is 0 Å². The molecule has 3 heteroatoms. The van der Waals surface area contributed by atoms with E-state index in [0.717, 1.165) is 32.4 Å². The molecule has 3 nitrogen and oxygen atoms in total.